The van der Waals surface area contributed by atoms with E-state index < -0.39 is 6.04 Å². The van der Waals surface area contributed by atoms with Crippen LogP contribution in [-0.4, -0.2) is 35.8 Å². The summed E-state index contributed by atoms with van der Waals surface area (Å²) in [4.78, 5) is 25.3. The fourth-order valence-electron chi connectivity index (χ4n) is 3.69. The first-order chi connectivity index (χ1) is 15.0. The van der Waals surface area contributed by atoms with Gasteiger partial charge in [-0.2, -0.15) is 5.10 Å². The standard InChI is InChI=1S/C23H24N4O4/c1-4-18-21(14-5-9-16(30-2)10-6-14)22-25-23(29)19(27(22)26-18)13-20(28)24-15-7-11-17(31-3)12-8-15/h5-12,19H,4,13H2,1-3H3,(H,24,28)(H,25,29). The van der Waals surface area contributed by atoms with Crippen molar-refractivity contribution in [1.82, 2.24) is 9.78 Å². The number of fused-ring (bicyclic) bond motifs is 1. The van der Waals surface area contributed by atoms with Crippen LogP contribution in [0.25, 0.3) is 11.1 Å². The Labute approximate surface area is 180 Å². The zero-order chi connectivity index (χ0) is 22.0. The van der Waals surface area contributed by atoms with E-state index in [1.54, 1.807) is 43.2 Å². The van der Waals surface area contributed by atoms with E-state index in [2.05, 4.69) is 15.7 Å². The summed E-state index contributed by atoms with van der Waals surface area (Å²) in [6.45, 7) is 2.01. The van der Waals surface area contributed by atoms with Gasteiger partial charge >= 0.3 is 0 Å². The number of amides is 2. The molecule has 1 aliphatic heterocycles. The maximum absolute atomic E-state index is 12.7. The summed E-state index contributed by atoms with van der Waals surface area (Å²) in [6, 6.07) is 13.9. The Morgan fingerprint density at radius 1 is 1.06 bits per heavy atom. The average Bonchev–Trinajstić information content (AvgIpc) is 3.29. The lowest BCUT2D eigenvalue weighted by Gasteiger charge is -2.10. The molecule has 31 heavy (non-hydrogen) atoms. The Hall–Kier alpha value is -3.81. The molecule has 0 saturated carbocycles. The van der Waals surface area contributed by atoms with Gasteiger partial charge in [-0.3, -0.25) is 9.59 Å². The van der Waals surface area contributed by atoms with Crippen LogP contribution in [-0.2, 0) is 16.0 Å². The third-order valence-electron chi connectivity index (χ3n) is 5.29. The predicted octanol–water partition coefficient (Wildman–Crippen LogP) is 3.65. The zero-order valence-corrected chi connectivity index (χ0v) is 17.6. The first-order valence-corrected chi connectivity index (χ1v) is 10.0. The number of aromatic nitrogens is 2. The number of benzene rings is 2. The minimum atomic E-state index is -0.703. The fourth-order valence-corrected chi connectivity index (χ4v) is 3.69. The van der Waals surface area contributed by atoms with Gasteiger partial charge in [-0.15, -0.1) is 0 Å². The third kappa shape index (κ3) is 3.96. The maximum atomic E-state index is 12.7. The number of nitrogens with zero attached hydrogens (tertiary/aromatic N) is 2. The van der Waals surface area contributed by atoms with Crippen LogP contribution in [0.15, 0.2) is 48.5 Å². The molecule has 2 amide bonds. The van der Waals surface area contributed by atoms with Crippen LogP contribution < -0.4 is 20.1 Å². The summed E-state index contributed by atoms with van der Waals surface area (Å²) in [5.74, 6) is 1.56. The minimum absolute atomic E-state index is 0.0161. The molecule has 0 radical (unpaired) electrons. The van der Waals surface area contributed by atoms with Gasteiger partial charge in [0.15, 0.2) is 0 Å². The molecular formula is C23H24N4O4. The van der Waals surface area contributed by atoms with E-state index in [0.29, 0.717) is 23.7 Å². The number of hydrogen-bond donors (Lipinski definition) is 2. The lowest BCUT2D eigenvalue weighted by Crippen LogP contribution is -2.23. The third-order valence-corrected chi connectivity index (χ3v) is 5.29. The average molecular weight is 420 g/mol. The van der Waals surface area contributed by atoms with Crippen LogP contribution in [0.4, 0.5) is 11.5 Å². The normalized spacial score (nSPS) is 14.7. The van der Waals surface area contributed by atoms with E-state index in [1.807, 2.05) is 31.2 Å². The van der Waals surface area contributed by atoms with Crippen molar-refractivity contribution >= 4 is 23.3 Å². The monoisotopic (exact) mass is 420 g/mol. The van der Waals surface area contributed by atoms with Crippen molar-refractivity contribution in [1.29, 1.82) is 0 Å². The Morgan fingerprint density at radius 2 is 1.68 bits per heavy atom. The van der Waals surface area contributed by atoms with Gasteiger partial charge in [0.25, 0.3) is 5.91 Å². The van der Waals surface area contributed by atoms with E-state index >= 15 is 0 Å². The second-order valence-electron chi connectivity index (χ2n) is 7.18. The van der Waals surface area contributed by atoms with Crippen molar-refractivity contribution in [2.75, 3.05) is 24.9 Å². The summed E-state index contributed by atoms with van der Waals surface area (Å²) >= 11 is 0. The lowest BCUT2D eigenvalue weighted by atomic mass is 10.0. The summed E-state index contributed by atoms with van der Waals surface area (Å²) in [5.41, 5.74) is 3.30. The molecular weight excluding hydrogens is 396 g/mol. The van der Waals surface area contributed by atoms with E-state index in [0.717, 1.165) is 22.6 Å². The number of rotatable bonds is 7. The highest BCUT2D eigenvalue weighted by atomic mass is 16.5. The molecule has 0 spiro atoms. The van der Waals surface area contributed by atoms with Gasteiger partial charge in [0.1, 0.15) is 23.4 Å². The number of hydrogen-bond acceptors (Lipinski definition) is 5. The van der Waals surface area contributed by atoms with Crippen molar-refractivity contribution in [2.24, 2.45) is 0 Å². The van der Waals surface area contributed by atoms with E-state index in [-0.39, 0.29) is 18.2 Å². The highest BCUT2D eigenvalue weighted by Gasteiger charge is 2.36. The fraction of sp³-hybridized carbons (Fsp3) is 0.261. The molecule has 1 atom stereocenters. The molecule has 3 aromatic rings. The summed E-state index contributed by atoms with van der Waals surface area (Å²) in [7, 11) is 3.20. The highest BCUT2D eigenvalue weighted by molar-refractivity contribution is 6.04. The molecule has 0 fully saturated rings. The lowest BCUT2D eigenvalue weighted by molar-refractivity contribution is -0.123. The molecule has 2 N–H and O–H groups in total. The molecule has 0 bridgehead atoms. The number of methoxy groups -OCH3 is 2. The smallest absolute Gasteiger partial charge is 0.251 e. The Morgan fingerprint density at radius 3 is 2.26 bits per heavy atom. The number of anilines is 2. The van der Waals surface area contributed by atoms with Crippen LogP contribution in [0.2, 0.25) is 0 Å². The molecule has 8 nitrogen and oxygen atoms in total. The second kappa shape index (κ2) is 8.51. The minimum Gasteiger partial charge on any atom is -0.497 e. The van der Waals surface area contributed by atoms with Crippen molar-refractivity contribution in [3.8, 4) is 22.6 Å². The second-order valence-corrected chi connectivity index (χ2v) is 7.18. The van der Waals surface area contributed by atoms with E-state index in [1.165, 1.54) is 0 Å². The molecule has 1 aliphatic rings. The maximum Gasteiger partial charge on any atom is 0.251 e. The van der Waals surface area contributed by atoms with Gasteiger partial charge in [-0.05, 0) is 48.4 Å². The molecule has 160 valence electrons. The number of aryl methyl sites for hydroxylation is 1. The Kier molecular flexibility index (Phi) is 5.62. The molecule has 0 saturated heterocycles. The first-order valence-electron chi connectivity index (χ1n) is 10.0. The molecule has 2 heterocycles. The Bertz CT molecular complexity index is 1100. The van der Waals surface area contributed by atoms with Gasteiger partial charge in [0, 0.05) is 11.3 Å². The predicted molar refractivity (Wildman–Crippen MR) is 118 cm³/mol. The van der Waals surface area contributed by atoms with Gasteiger partial charge in [0.2, 0.25) is 5.91 Å². The molecule has 8 heteroatoms. The van der Waals surface area contributed by atoms with E-state index in [4.69, 9.17) is 9.47 Å². The largest absolute Gasteiger partial charge is 0.497 e. The SMILES string of the molecule is CCc1nn2c(c1-c1ccc(OC)cc1)NC(=O)C2CC(=O)Nc1ccc(OC)cc1. The zero-order valence-electron chi connectivity index (χ0n) is 17.6. The molecule has 1 unspecified atom stereocenters. The Balaban J connectivity index is 1.57. The highest BCUT2D eigenvalue weighted by Crippen LogP contribution is 2.39. The van der Waals surface area contributed by atoms with Gasteiger partial charge < -0.3 is 20.1 Å². The summed E-state index contributed by atoms with van der Waals surface area (Å²) in [5, 5.41) is 10.4. The molecule has 4 rings (SSSR count). The van der Waals surface area contributed by atoms with Crippen molar-refractivity contribution in [2.45, 2.75) is 25.8 Å². The van der Waals surface area contributed by atoms with Crippen LogP contribution in [0, 0.1) is 0 Å². The topological polar surface area (TPSA) is 94.5 Å². The van der Waals surface area contributed by atoms with Gasteiger partial charge in [0.05, 0.1) is 26.3 Å². The number of carbonyl (C=O) groups excluding carboxylic acids is 2. The summed E-state index contributed by atoms with van der Waals surface area (Å²) in [6.07, 6.45) is 0.680. The van der Waals surface area contributed by atoms with Gasteiger partial charge in [-0.1, -0.05) is 19.1 Å². The number of ether oxygens (including phenoxy) is 2. The van der Waals surface area contributed by atoms with Crippen molar-refractivity contribution in [3.63, 3.8) is 0 Å². The van der Waals surface area contributed by atoms with E-state index in [9.17, 15) is 9.59 Å². The van der Waals surface area contributed by atoms with Crippen LogP contribution in [0.3, 0.4) is 0 Å². The molecule has 0 aliphatic carbocycles. The van der Waals surface area contributed by atoms with Crippen molar-refractivity contribution < 1.29 is 19.1 Å². The quantitative estimate of drug-likeness (QED) is 0.608. The van der Waals surface area contributed by atoms with Crippen LogP contribution >= 0.6 is 0 Å². The van der Waals surface area contributed by atoms with Crippen LogP contribution in [0.1, 0.15) is 25.1 Å². The van der Waals surface area contributed by atoms with Gasteiger partial charge in [-0.25, -0.2) is 4.68 Å². The number of carbonyl (C=O) groups is 2. The molecule has 1 aromatic heterocycles. The van der Waals surface area contributed by atoms with Crippen LogP contribution in [0.5, 0.6) is 11.5 Å². The number of nitrogens with one attached hydrogen (secondary N) is 2. The molecule has 2 aromatic carbocycles. The first kappa shape index (κ1) is 20.5. The summed E-state index contributed by atoms with van der Waals surface area (Å²) < 4.78 is 12.0. The van der Waals surface area contributed by atoms with Crippen molar-refractivity contribution in [3.05, 3.63) is 54.2 Å².